The van der Waals surface area contributed by atoms with Gasteiger partial charge >= 0.3 is 0 Å². The van der Waals surface area contributed by atoms with Crippen molar-refractivity contribution in [2.24, 2.45) is 5.92 Å². The summed E-state index contributed by atoms with van der Waals surface area (Å²) >= 11 is 0. The van der Waals surface area contributed by atoms with Crippen LogP contribution in [-0.4, -0.2) is 24.2 Å². The van der Waals surface area contributed by atoms with Crippen molar-refractivity contribution in [2.75, 3.05) is 13.2 Å². The van der Waals surface area contributed by atoms with Gasteiger partial charge in [-0.2, -0.15) is 0 Å². The lowest BCUT2D eigenvalue weighted by Gasteiger charge is -2.20. The summed E-state index contributed by atoms with van der Waals surface area (Å²) in [5.74, 6) is 1.43. The SMILES string of the molecule is CCCNC(Cc1cccc(OCC)n1)CC(C)C. The van der Waals surface area contributed by atoms with Crippen LogP contribution in [-0.2, 0) is 6.42 Å². The predicted octanol–water partition coefficient (Wildman–Crippen LogP) is 3.44. The molecule has 0 bridgehead atoms. The lowest BCUT2D eigenvalue weighted by atomic mass is 9.99. The van der Waals surface area contributed by atoms with Crippen LogP contribution in [0.1, 0.15) is 46.2 Å². The highest BCUT2D eigenvalue weighted by molar-refractivity contribution is 5.16. The molecule has 108 valence electrons. The number of aromatic nitrogens is 1. The summed E-state index contributed by atoms with van der Waals surface area (Å²) in [6.45, 7) is 10.5. The normalized spacial score (nSPS) is 12.7. The summed E-state index contributed by atoms with van der Waals surface area (Å²) < 4.78 is 5.46. The Kier molecular flexibility index (Phi) is 7.49. The van der Waals surface area contributed by atoms with Gasteiger partial charge in [0.15, 0.2) is 0 Å². The van der Waals surface area contributed by atoms with Crippen LogP contribution in [0.5, 0.6) is 5.88 Å². The van der Waals surface area contributed by atoms with Gasteiger partial charge in [-0.15, -0.1) is 0 Å². The van der Waals surface area contributed by atoms with Gasteiger partial charge < -0.3 is 10.1 Å². The first-order valence-electron chi connectivity index (χ1n) is 7.47. The molecule has 0 saturated carbocycles. The van der Waals surface area contributed by atoms with Crippen LogP contribution in [0.4, 0.5) is 0 Å². The molecule has 0 saturated heterocycles. The second-order valence-corrected chi connectivity index (χ2v) is 5.38. The molecule has 1 aromatic heterocycles. The van der Waals surface area contributed by atoms with Gasteiger partial charge in [-0.05, 0) is 38.3 Å². The largest absolute Gasteiger partial charge is 0.478 e. The van der Waals surface area contributed by atoms with E-state index in [-0.39, 0.29) is 0 Å². The van der Waals surface area contributed by atoms with Gasteiger partial charge in [0.05, 0.1) is 6.61 Å². The van der Waals surface area contributed by atoms with Gasteiger partial charge in [0, 0.05) is 24.2 Å². The lowest BCUT2D eigenvalue weighted by Crippen LogP contribution is -2.33. The van der Waals surface area contributed by atoms with Crippen molar-refractivity contribution in [2.45, 2.75) is 53.0 Å². The quantitative estimate of drug-likeness (QED) is 0.742. The van der Waals surface area contributed by atoms with E-state index in [1.807, 2.05) is 19.1 Å². The van der Waals surface area contributed by atoms with Gasteiger partial charge in [-0.25, -0.2) is 4.98 Å². The summed E-state index contributed by atoms with van der Waals surface area (Å²) in [6.07, 6.45) is 3.32. The first kappa shape index (κ1) is 16.0. The predicted molar refractivity (Wildman–Crippen MR) is 80.6 cm³/mol. The fourth-order valence-electron chi connectivity index (χ4n) is 2.21. The minimum absolute atomic E-state index is 0.504. The van der Waals surface area contributed by atoms with Crippen LogP contribution in [0.15, 0.2) is 18.2 Å². The summed E-state index contributed by atoms with van der Waals surface area (Å²) in [5, 5.41) is 3.62. The molecule has 1 heterocycles. The molecule has 1 atom stereocenters. The highest BCUT2D eigenvalue weighted by Gasteiger charge is 2.12. The Morgan fingerprint density at radius 3 is 2.68 bits per heavy atom. The Labute approximate surface area is 117 Å². The van der Waals surface area contributed by atoms with Crippen molar-refractivity contribution in [3.63, 3.8) is 0 Å². The standard InChI is InChI=1S/C16H28N2O/c1-5-10-17-15(11-13(3)4)12-14-8-7-9-16(18-14)19-6-2/h7-9,13,15,17H,5-6,10-12H2,1-4H3. The molecule has 1 N–H and O–H groups in total. The van der Waals surface area contributed by atoms with Crippen LogP contribution in [0.2, 0.25) is 0 Å². The van der Waals surface area contributed by atoms with Gasteiger partial charge in [0.25, 0.3) is 0 Å². The first-order valence-corrected chi connectivity index (χ1v) is 7.47. The lowest BCUT2D eigenvalue weighted by molar-refractivity contribution is 0.324. The van der Waals surface area contributed by atoms with E-state index in [9.17, 15) is 0 Å². The average molecular weight is 264 g/mol. The molecule has 1 aromatic rings. The van der Waals surface area contributed by atoms with Crippen molar-refractivity contribution < 1.29 is 4.74 Å². The number of rotatable bonds is 9. The Morgan fingerprint density at radius 1 is 1.26 bits per heavy atom. The van der Waals surface area contributed by atoms with Crippen molar-refractivity contribution >= 4 is 0 Å². The van der Waals surface area contributed by atoms with E-state index in [1.54, 1.807) is 0 Å². The van der Waals surface area contributed by atoms with Crippen molar-refractivity contribution in [1.82, 2.24) is 10.3 Å². The molecule has 0 spiro atoms. The van der Waals surface area contributed by atoms with E-state index < -0.39 is 0 Å². The Balaban J connectivity index is 2.63. The number of pyridine rings is 1. The zero-order valence-electron chi connectivity index (χ0n) is 12.8. The minimum atomic E-state index is 0.504. The maximum absolute atomic E-state index is 5.46. The Bertz CT molecular complexity index is 352. The van der Waals surface area contributed by atoms with E-state index in [2.05, 4.69) is 37.1 Å². The second kappa shape index (κ2) is 8.92. The maximum Gasteiger partial charge on any atom is 0.213 e. The van der Waals surface area contributed by atoms with Crippen LogP contribution in [0.25, 0.3) is 0 Å². The van der Waals surface area contributed by atoms with Gasteiger partial charge in [0.2, 0.25) is 5.88 Å². The third kappa shape index (κ3) is 6.58. The van der Waals surface area contributed by atoms with Crippen LogP contribution in [0.3, 0.4) is 0 Å². The molecule has 1 unspecified atom stereocenters. The highest BCUT2D eigenvalue weighted by Crippen LogP contribution is 2.13. The number of nitrogens with one attached hydrogen (secondary N) is 1. The Morgan fingerprint density at radius 2 is 2.05 bits per heavy atom. The third-order valence-corrected chi connectivity index (χ3v) is 2.97. The molecule has 0 aliphatic carbocycles. The molecule has 0 aliphatic rings. The van der Waals surface area contributed by atoms with E-state index in [0.29, 0.717) is 18.6 Å². The van der Waals surface area contributed by atoms with Gasteiger partial charge in [-0.1, -0.05) is 26.8 Å². The first-order chi connectivity index (χ1) is 9.15. The maximum atomic E-state index is 5.46. The zero-order chi connectivity index (χ0) is 14.1. The van der Waals surface area contributed by atoms with Crippen molar-refractivity contribution in [3.05, 3.63) is 23.9 Å². The monoisotopic (exact) mass is 264 g/mol. The topological polar surface area (TPSA) is 34.1 Å². The molecular weight excluding hydrogens is 236 g/mol. The minimum Gasteiger partial charge on any atom is -0.478 e. The number of hydrogen-bond acceptors (Lipinski definition) is 3. The molecular formula is C16H28N2O. The number of nitrogens with zero attached hydrogens (tertiary/aromatic N) is 1. The molecule has 0 amide bonds. The summed E-state index contributed by atoms with van der Waals surface area (Å²) in [6, 6.07) is 6.54. The average Bonchev–Trinajstić information content (AvgIpc) is 2.36. The molecule has 0 radical (unpaired) electrons. The molecule has 3 nitrogen and oxygen atoms in total. The molecule has 0 fully saturated rings. The van der Waals surface area contributed by atoms with Crippen LogP contribution < -0.4 is 10.1 Å². The third-order valence-electron chi connectivity index (χ3n) is 2.97. The highest BCUT2D eigenvalue weighted by atomic mass is 16.5. The van der Waals surface area contributed by atoms with E-state index in [1.165, 1.54) is 12.8 Å². The van der Waals surface area contributed by atoms with E-state index in [4.69, 9.17) is 4.74 Å². The molecule has 1 rings (SSSR count). The molecule has 3 heteroatoms. The van der Waals surface area contributed by atoms with Crippen molar-refractivity contribution in [3.8, 4) is 5.88 Å². The molecule has 0 aromatic carbocycles. The van der Waals surface area contributed by atoms with Crippen molar-refractivity contribution in [1.29, 1.82) is 0 Å². The van der Waals surface area contributed by atoms with E-state index in [0.717, 1.165) is 24.5 Å². The fourth-order valence-corrected chi connectivity index (χ4v) is 2.21. The summed E-state index contributed by atoms with van der Waals surface area (Å²) in [4.78, 5) is 4.56. The smallest absolute Gasteiger partial charge is 0.213 e. The summed E-state index contributed by atoms with van der Waals surface area (Å²) in [7, 11) is 0. The van der Waals surface area contributed by atoms with Crippen LogP contribution >= 0.6 is 0 Å². The zero-order valence-corrected chi connectivity index (χ0v) is 12.8. The summed E-state index contributed by atoms with van der Waals surface area (Å²) in [5.41, 5.74) is 1.11. The number of hydrogen-bond donors (Lipinski definition) is 1. The Hall–Kier alpha value is -1.09. The van der Waals surface area contributed by atoms with E-state index >= 15 is 0 Å². The van der Waals surface area contributed by atoms with Crippen LogP contribution in [0, 0.1) is 5.92 Å². The fraction of sp³-hybridized carbons (Fsp3) is 0.688. The van der Waals surface area contributed by atoms with Gasteiger partial charge in [0.1, 0.15) is 0 Å². The molecule has 0 aliphatic heterocycles. The van der Waals surface area contributed by atoms with Gasteiger partial charge in [-0.3, -0.25) is 0 Å². The second-order valence-electron chi connectivity index (χ2n) is 5.38. The molecule has 19 heavy (non-hydrogen) atoms. The number of ether oxygens (including phenoxy) is 1.